The Kier molecular flexibility index (Phi) is 6.75. The number of carbonyl (C=O) groups is 2. The average molecular weight is 475 g/mol. The molecule has 3 aromatic rings. The van der Waals surface area contributed by atoms with Crippen molar-refractivity contribution in [3.63, 3.8) is 0 Å². The maximum Gasteiger partial charge on any atom is 0.415 e. The zero-order valence-corrected chi connectivity index (χ0v) is 20.2. The molecule has 5 nitrogen and oxygen atoms in total. The van der Waals surface area contributed by atoms with E-state index in [9.17, 15) is 9.59 Å². The van der Waals surface area contributed by atoms with Gasteiger partial charge in [-0.15, -0.1) is 0 Å². The summed E-state index contributed by atoms with van der Waals surface area (Å²) in [6.45, 7) is 5.52. The van der Waals surface area contributed by atoms with Crippen LogP contribution in [0.3, 0.4) is 0 Å². The van der Waals surface area contributed by atoms with Crippen molar-refractivity contribution in [2.75, 3.05) is 10.2 Å². The van der Waals surface area contributed by atoms with Gasteiger partial charge in [0.1, 0.15) is 5.60 Å². The number of hydrogen-bond donors (Lipinski definition) is 1. The van der Waals surface area contributed by atoms with Crippen LogP contribution in [0.2, 0.25) is 5.02 Å². The largest absolute Gasteiger partial charge is 0.443 e. The standard InChI is InChI=1S/C28H27ClN2O3/c1-28(2,3)34-27(33)31-24-12-8-7-11-23(24)30-22(18-26(32)20-9-5-4-6-10-20)17-25(31)19-13-15-21(29)16-14-19/h4-16,18,25,30H,17H2,1-3H3/b22-18+. The zero-order valence-electron chi connectivity index (χ0n) is 19.4. The number of amides is 1. The van der Waals surface area contributed by atoms with Crippen molar-refractivity contribution < 1.29 is 14.3 Å². The Morgan fingerprint density at radius 3 is 2.29 bits per heavy atom. The Hall–Kier alpha value is -3.57. The van der Waals surface area contributed by atoms with Gasteiger partial charge in [0.15, 0.2) is 5.78 Å². The maximum absolute atomic E-state index is 13.5. The summed E-state index contributed by atoms with van der Waals surface area (Å²) >= 11 is 6.14. The lowest BCUT2D eigenvalue weighted by Gasteiger charge is -2.33. The molecule has 0 aromatic heterocycles. The van der Waals surface area contributed by atoms with Gasteiger partial charge in [0.2, 0.25) is 0 Å². The number of ketones is 1. The fourth-order valence-corrected chi connectivity index (χ4v) is 4.03. The molecule has 3 aromatic carbocycles. The minimum absolute atomic E-state index is 0.110. The number of benzene rings is 3. The number of ether oxygens (including phenoxy) is 1. The van der Waals surface area contributed by atoms with Gasteiger partial charge in [0, 0.05) is 28.8 Å². The van der Waals surface area contributed by atoms with Gasteiger partial charge >= 0.3 is 6.09 Å². The Morgan fingerprint density at radius 1 is 0.971 bits per heavy atom. The molecule has 1 unspecified atom stereocenters. The van der Waals surface area contributed by atoms with Crippen molar-refractivity contribution >= 4 is 34.9 Å². The number of allylic oxidation sites excluding steroid dienone is 1. The van der Waals surface area contributed by atoms with E-state index in [4.69, 9.17) is 16.3 Å². The minimum atomic E-state index is -0.668. The van der Waals surface area contributed by atoms with Gasteiger partial charge in [-0.2, -0.15) is 0 Å². The molecule has 1 N–H and O–H groups in total. The van der Waals surface area contributed by atoms with E-state index in [-0.39, 0.29) is 5.78 Å². The normalized spacial score (nSPS) is 16.9. The molecule has 0 aliphatic carbocycles. The predicted octanol–water partition coefficient (Wildman–Crippen LogP) is 7.41. The Balaban J connectivity index is 1.82. The highest BCUT2D eigenvalue weighted by molar-refractivity contribution is 6.30. The van der Waals surface area contributed by atoms with Crippen molar-refractivity contribution in [2.24, 2.45) is 0 Å². The summed E-state index contributed by atoms with van der Waals surface area (Å²) < 4.78 is 5.80. The molecule has 1 aliphatic heterocycles. The van der Waals surface area contributed by atoms with E-state index in [1.165, 1.54) is 0 Å². The van der Waals surface area contributed by atoms with Gasteiger partial charge in [-0.05, 0) is 50.6 Å². The van der Waals surface area contributed by atoms with Crippen LogP contribution in [-0.4, -0.2) is 17.5 Å². The lowest BCUT2D eigenvalue weighted by atomic mass is 9.99. The van der Waals surface area contributed by atoms with Crippen molar-refractivity contribution in [3.05, 3.63) is 107 Å². The van der Waals surface area contributed by atoms with Crippen LogP contribution in [0.1, 0.15) is 49.2 Å². The molecule has 1 atom stereocenters. The van der Waals surface area contributed by atoms with Crippen LogP contribution in [0.4, 0.5) is 16.2 Å². The van der Waals surface area contributed by atoms with Crippen molar-refractivity contribution in [3.8, 4) is 0 Å². The summed E-state index contributed by atoms with van der Waals surface area (Å²) in [6.07, 6.45) is 1.53. The van der Waals surface area contributed by atoms with Crippen LogP contribution in [0.15, 0.2) is 90.6 Å². The average Bonchev–Trinajstić information content (AvgIpc) is 2.95. The van der Waals surface area contributed by atoms with E-state index in [2.05, 4.69) is 5.32 Å². The summed E-state index contributed by atoms with van der Waals surface area (Å²) in [5, 5.41) is 3.99. The Morgan fingerprint density at radius 2 is 1.62 bits per heavy atom. The predicted molar refractivity (Wildman–Crippen MR) is 136 cm³/mol. The highest BCUT2D eigenvalue weighted by Gasteiger charge is 2.35. The number of anilines is 2. The third kappa shape index (κ3) is 5.49. The van der Waals surface area contributed by atoms with Gasteiger partial charge in [-0.1, -0.05) is 66.2 Å². The molecule has 0 spiro atoms. The number of rotatable bonds is 3. The van der Waals surface area contributed by atoms with Crippen LogP contribution in [0.5, 0.6) is 0 Å². The molecule has 34 heavy (non-hydrogen) atoms. The van der Waals surface area contributed by atoms with Crippen molar-refractivity contribution in [2.45, 2.75) is 38.8 Å². The second kappa shape index (κ2) is 9.74. The van der Waals surface area contributed by atoms with E-state index in [1.54, 1.807) is 35.2 Å². The number of para-hydroxylation sites is 2. The third-order valence-corrected chi connectivity index (χ3v) is 5.64. The molecule has 4 rings (SSSR count). The van der Waals surface area contributed by atoms with Gasteiger partial charge in [0.25, 0.3) is 0 Å². The molecule has 174 valence electrons. The zero-order chi connectivity index (χ0) is 24.3. The molecule has 0 fully saturated rings. The molecule has 0 saturated carbocycles. The van der Waals surface area contributed by atoms with E-state index in [0.717, 1.165) is 11.3 Å². The third-order valence-electron chi connectivity index (χ3n) is 5.39. The molecule has 1 amide bonds. The summed E-state index contributed by atoms with van der Waals surface area (Å²) in [6, 6.07) is 23.6. The summed E-state index contributed by atoms with van der Waals surface area (Å²) in [5.41, 5.74) is 2.91. The Labute approximate surface area is 205 Å². The molecule has 1 aliphatic rings. The maximum atomic E-state index is 13.5. The monoisotopic (exact) mass is 474 g/mol. The van der Waals surface area contributed by atoms with E-state index in [1.807, 2.05) is 75.4 Å². The van der Waals surface area contributed by atoms with Gasteiger partial charge in [-0.3, -0.25) is 9.69 Å². The molecule has 6 heteroatoms. The first kappa shape index (κ1) is 23.6. The molecular weight excluding hydrogens is 448 g/mol. The number of nitrogens with one attached hydrogen (secondary N) is 1. The van der Waals surface area contributed by atoms with Crippen LogP contribution >= 0.6 is 11.6 Å². The second-order valence-corrected chi connectivity index (χ2v) is 9.60. The van der Waals surface area contributed by atoms with Gasteiger partial charge in [-0.25, -0.2) is 4.79 Å². The molecular formula is C28H27ClN2O3. The topological polar surface area (TPSA) is 58.6 Å². The van der Waals surface area contributed by atoms with Gasteiger partial charge < -0.3 is 10.1 Å². The first-order chi connectivity index (χ1) is 16.2. The molecule has 1 heterocycles. The fourth-order valence-electron chi connectivity index (χ4n) is 3.91. The minimum Gasteiger partial charge on any atom is -0.443 e. The highest BCUT2D eigenvalue weighted by atomic mass is 35.5. The first-order valence-corrected chi connectivity index (χ1v) is 11.5. The molecule has 0 radical (unpaired) electrons. The highest BCUT2D eigenvalue weighted by Crippen LogP contribution is 2.41. The van der Waals surface area contributed by atoms with Crippen LogP contribution in [0.25, 0.3) is 0 Å². The molecule has 0 saturated heterocycles. The van der Waals surface area contributed by atoms with Crippen LogP contribution in [0, 0.1) is 0 Å². The number of nitrogens with zero attached hydrogens (tertiary/aromatic N) is 1. The van der Waals surface area contributed by atoms with Crippen LogP contribution in [-0.2, 0) is 4.74 Å². The van der Waals surface area contributed by atoms with Crippen molar-refractivity contribution in [1.29, 1.82) is 0 Å². The van der Waals surface area contributed by atoms with E-state index >= 15 is 0 Å². The first-order valence-electron chi connectivity index (χ1n) is 11.1. The van der Waals surface area contributed by atoms with E-state index in [0.29, 0.717) is 28.4 Å². The molecule has 0 bridgehead atoms. The quantitative estimate of drug-likeness (QED) is 0.317. The number of fused-ring (bicyclic) bond motifs is 1. The lowest BCUT2D eigenvalue weighted by molar-refractivity contribution is 0.0565. The number of hydrogen-bond acceptors (Lipinski definition) is 4. The number of halogens is 1. The smallest absolute Gasteiger partial charge is 0.415 e. The van der Waals surface area contributed by atoms with E-state index < -0.39 is 17.7 Å². The number of carbonyl (C=O) groups excluding carboxylic acids is 2. The summed E-state index contributed by atoms with van der Waals surface area (Å²) in [7, 11) is 0. The SMILES string of the molecule is CC(C)(C)OC(=O)N1c2ccccc2N/C(=C/C(=O)c2ccccc2)CC1c1ccc(Cl)cc1. The summed E-state index contributed by atoms with van der Waals surface area (Å²) in [4.78, 5) is 28.1. The second-order valence-electron chi connectivity index (χ2n) is 9.16. The fraction of sp³-hybridized carbons (Fsp3) is 0.214. The van der Waals surface area contributed by atoms with Crippen molar-refractivity contribution in [1.82, 2.24) is 0 Å². The summed E-state index contributed by atoms with van der Waals surface area (Å²) in [5.74, 6) is -0.110. The van der Waals surface area contributed by atoms with Crippen LogP contribution < -0.4 is 10.2 Å². The van der Waals surface area contributed by atoms with Gasteiger partial charge in [0.05, 0.1) is 17.4 Å². The Bertz CT molecular complexity index is 1210. The lowest BCUT2D eigenvalue weighted by Crippen LogP contribution is -2.39.